The van der Waals surface area contributed by atoms with Gasteiger partial charge in [-0.15, -0.1) is 0 Å². The maximum atomic E-state index is 2.42. The van der Waals surface area contributed by atoms with E-state index in [0.29, 0.717) is 0 Å². The fraction of sp³-hybridized carbons (Fsp3) is 0. The molecule has 1 aliphatic rings. The lowest BCUT2D eigenvalue weighted by Crippen LogP contribution is -2.11. The molecule has 260 valence electrons. The van der Waals surface area contributed by atoms with Gasteiger partial charge in [-0.2, -0.15) is 0 Å². The molecule has 0 radical (unpaired) electrons. The zero-order valence-corrected chi connectivity index (χ0v) is 30.5. The summed E-state index contributed by atoms with van der Waals surface area (Å²) >= 11 is 0. The van der Waals surface area contributed by atoms with Crippen LogP contribution in [0.3, 0.4) is 0 Å². The Morgan fingerprint density at radius 3 is 1.45 bits per heavy atom. The Morgan fingerprint density at radius 2 is 0.786 bits per heavy atom. The SMILES string of the molecule is c1ccc(-c2cc3ccccc3cc2N(c2ccccc2)c2ccc3cc4c(cc3c2)-c2cc3ccc(-n5c6ccccc6c6ccccc65)cc3cc2-4)cc1. The predicted octanol–water partition coefficient (Wildman–Crippen LogP) is 15.0. The van der Waals surface area contributed by atoms with Crippen LogP contribution in [0.25, 0.3) is 93.2 Å². The standard InChI is InChI=1S/C54H34N2/c1-3-13-35(14-4-1)47-29-36-15-7-8-16-37(36)34-54(47)55(42-17-5-2-6-18-42)43-25-23-38-30-48-50(32-40(38)27-43)49-31-39-24-26-44(28-41(39)33-51(48)49)56-52-21-11-9-19-45(52)46-20-10-12-22-53(46)56/h1-34H. The molecule has 2 heteroatoms. The van der Waals surface area contributed by atoms with Gasteiger partial charge in [0.25, 0.3) is 0 Å². The highest BCUT2D eigenvalue weighted by molar-refractivity contribution is 6.13. The Kier molecular flexibility index (Phi) is 6.66. The molecule has 0 fully saturated rings. The van der Waals surface area contributed by atoms with Crippen molar-refractivity contribution in [2.45, 2.75) is 0 Å². The zero-order valence-electron chi connectivity index (χ0n) is 30.5. The lowest BCUT2D eigenvalue weighted by molar-refractivity contribution is 1.19. The molecule has 12 rings (SSSR count). The van der Waals surface area contributed by atoms with Crippen LogP contribution >= 0.6 is 0 Å². The molecule has 0 spiro atoms. The van der Waals surface area contributed by atoms with Crippen LogP contribution in [0.15, 0.2) is 206 Å². The van der Waals surface area contributed by atoms with Gasteiger partial charge >= 0.3 is 0 Å². The summed E-state index contributed by atoms with van der Waals surface area (Å²) < 4.78 is 2.40. The van der Waals surface area contributed by atoms with E-state index in [2.05, 4.69) is 216 Å². The number of aromatic nitrogens is 1. The van der Waals surface area contributed by atoms with Crippen LogP contribution in [0, 0.1) is 0 Å². The van der Waals surface area contributed by atoms with Crippen molar-refractivity contribution in [3.8, 4) is 39.1 Å². The first-order valence-corrected chi connectivity index (χ1v) is 19.3. The van der Waals surface area contributed by atoms with Crippen LogP contribution in [0.4, 0.5) is 17.1 Å². The molecule has 0 saturated heterocycles. The summed E-state index contributed by atoms with van der Waals surface area (Å²) in [5, 5.41) is 10.0. The Bertz CT molecular complexity index is 3300. The highest BCUT2D eigenvalue weighted by atomic mass is 15.1. The van der Waals surface area contributed by atoms with Gasteiger partial charge in [0.05, 0.1) is 16.7 Å². The Hall–Kier alpha value is -7.42. The topological polar surface area (TPSA) is 8.17 Å². The van der Waals surface area contributed by atoms with Crippen LogP contribution in [0.5, 0.6) is 0 Å². The Labute approximate surface area is 324 Å². The predicted molar refractivity (Wildman–Crippen MR) is 238 cm³/mol. The fourth-order valence-electron chi connectivity index (χ4n) is 9.14. The third-order valence-electron chi connectivity index (χ3n) is 11.8. The molecule has 0 bridgehead atoms. The molecule has 1 aliphatic carbocycles. The first-order valence-electron chi connectivity index (χ1n) is 19.3. The van der Waals surface area contributed by atoms with Gasteiger partial charge in [-0.25, -0.2) is 0 Å². The quantitative estimate of drug-likeness (QED) is 0.173. The summed E-state index contributed by atoms with van der Waals surface area (Å²) in [6.07, 6.45) is 0. The normalized spacial score (nSPS) is 11.9. The van der Waals surface area contributed by atoms with Crippen LogP contribution in [0.2, 0.25) is 0 Å². The van der Waals surface area contributed by atoms with Gasteiger partial charge in [0.1, 0.15) is 0 Å². The molecule has 0 unspecified atom stereocenters. The third-order valence-corrected chi connectivity index (χ3v) is 11.8. The van der Waals surface area contributed by atoms with E-state index in [1.807, 2.05) is 0 Å². The summed E-state index contributed by atoms with van der Waals surface area (Å²) in [4.78, 5) is 2.42. The molecule has 56 heavy (non-hydrogen) atoms. The number of hydrogen-bond acceptors (Lipinski definition) is 1. The number of rotatable bonds is 5. The van der Waals surface area contributed by atoms with Crippen LogP contribution in [-0.2, 0) is 0 Å². The molecule has 0 N–H and O–H groups in total. The number of fused-ring (bicyclic) bond motifs is 10. The molecule has 11 aromatic rings. The van der Waals surface area contributed by atoms with E-state index in [9.17, 15) is 0 Å². The van der Waals surface area contributed by atoms with Crippen molar-refractivity contribution in [3.63, 3.8) is 0 Å². The van der Waals surface area contributed by atoms with Crippen molar-refractivity contribution in [1.29, 1.82) is 0 Å². The number of hydrogen-bond donors (Lipinski definition) is 0. The van der Waals surface area contributed by atoms with E-state index in [1.165, 1.54) is 93.2 Å². The highest BCUT2D eigenvalue weighted by Gasteiger charge is 2.25. The van der Waals surface area contributed by atoms with Crippen molar-refractivity contribution in [3.05, 3.63) is 206 Å². The molecule has 2 nitrogen and oxygen atoms in total. The van der Waals surface area contributed by atoms with Gasteiger partial charge in [-0.05, 0) is 145 Å². The van der Waals surface area contributed by atoms with E-state index < -0.39 is 0 Å². The van der Waals surface area contributed by atoms with Crippen molar-refractivity contribution < 1.29 is 0 Å². The summed E-state index contributed by atoms with van der Waals surface area (Å²) in [7, 11) is 0. The van der Waals surface area contributed by atoms with Gasteiger partial charge in [0, 0.05) is 33.4 Å². The maximum absolute atomic E-state index is 2.42. The first-order chi connectivity index (χ1) is 27.7. The molecule has 0 amide bonds. The molecule has 1 heterocycles. The molecule has 0 aliphatic heterocycles. The fourth-order valence-corrected chi connectivity index (χ4v) is 9.14. The minimum Gasteiger partial charge on any atom is -0.310 e. The third kappa shape index (κ3) is 4.69. The second-order valence-electron chi connectivity index (χ2n) is 15.0. The molecule has 0 atom stereocenters. The molecular formula is C54H34N2. The average molecular weight is 711 g/mol. The lowest BCUT2D eigenvalue weighted by atomic mass is 9.78. The van der Waals surface area contributed by atoms with Crippen molar-refractivity contribution in [1.82, 2.24) is 4.57 Å². The summed E-state index contributed by atoms with van der Waals surface area (Å²) in [5.41, 5.74) is 14.8. The zero-order chi connectivity index (χ0) is 36.7. The van der Waals surface area contributed by atoms with E-state index in [1.54, 1.807) is 0 Å². The first kappa shape index (κ1) is 31.0. The number of para-hydroxylation sites is 3. The molecule has 1 aromatic heterocycles. The van der Waals surface area contributed by atoms with Crippen molar-refractivity contribution in [2.24, 2.45) is 0 Å². The van der Waals surface area contributed by atoms with Crippen LogP contribution in [-0.4, -0.2) is 4.57 Å². The van der Waals surface area contributed by atoms with Crippen LogP contribution < -0.4 is 4.90 Å². The molecular weight excluding hydrogens is 677 g/mol. The monoisotopic (exact) mass is 710 g/mol. The van der Waals surface area contributed by atoms with Gasteiger partial charge in [0.2, 0.25) is 0 Å². The number of nitrogens with zero attached hydrogens (tertiary/aromatic N) is 2. The summed E-state index contributed by atoms with van der Waals surface area (Å²) in [5.74, 6) is 0. The van der Waals surface area contributed by atoms with E-state index >= 15 is 0 Å². The summed E-state index contributed by atoms with van der Waals surface area (Å²) in [6, 6.07) is 75.8. The molecule has 10 aromatic carbocycles. The van der Waals surface area contributed by atoms with E-state index in [0.717, 1.165) is 17.1 Å². The van der Waals surface area contributed by atoms with Gasteiger partial charge in [0.15, 0.2) is 0 Å². The number of benzene rings is 10. The largest absolute Gasteiger partial charge is 0.310 e. The Morgan fingerprint density at radius 1 is 0.304 bits per heavy atom. The van der Waals surface area contributed by atoms with E-state index in [-0.39, 0.29) is 0 Å². The van der Waals surface area contributed by atoms with Crippen molar-refractivity contribution >= 4 is 71.2 Å². The van der Waals surface area contributed by atoms with Gasteiger partial charge in [-0.3, -0.25) is 0 Å². The van der Waals surface area contributed by atoms with Gasteiger partial charge in [-0.1, -0.05) is 121 Å². The number of anilines is 3. The minimum absolute atomic E-state index is 1.13. The Balaban J connectivity index is 0.981. The lowest BCUT2D eigenvalue weighted by Gasteiger charge is -2.29. The smallest absolute Gasteiger partial charge is 0.0546 e. The van der Waals surface area contributed by atoms with Crippen molar-refractivity contribution in [2.75, 3.05) is 4.90 Å². The van der Waals surface area contributed by atoms with E-state index in [4.69, 9.17) is 0 Å². The summed E-state index contributed by atoms with van der Waals surface area (Å²) in [6.45, 7) is 0. The second-order valence-corrected chi connectivity index (χ2v) is 15.0. The highest BCUT2D eigenvalue weighted by Crippen LogP contribution is 2.51. The maximum Gasteiger partial charge on any atom is 0.0546 e. The van der Waals surface area contributed by atoms with Crippen LogP contribution in [0.1, 0.15) is 0 Å². The minimum atomic E-state index is 1.13. The second kappa shape index (κ2) is 12.0. The average Bonchev–Trinajstić information content (AvgIpc) is 3.60. The molecule has 0 saturated carbocycles. The van der Waals surface area contributed by atoms with Gasteiger partial charge < -0.3 is 9.47 Å².